The van der Waals surface area contributed by atoms with Crippen LogP contribution in [0.2, 0.25) is 0 Å². The van der Waals surface area contributed by atoms with Gasteiger partial charge in [-0.3, -0.25) is 4.79 Å². The van der Waals surface area contributed by atoms with E-state index < -0.39 is 0 Å². The fourth-order valence-corrected chi connectivity index (χ4v) is 2.66. The molecule has 0 unspecified atom stereocenters. The Labute approximate surface area is 122 Å². The molecule has 0 bridgehead atoms. The van der Waals surface area contributed by atoms with Crippen molar-refractivity contribution in [3.05, 3.63) is 34.3 Å². The van der Waals surface area contributed by atoms with Crippen molar-refractivity contribution in [3.8, 4) is 0 Å². The Bertz CT molecular complexity index is 351. The van der Waals surface area contributed by atoms with Crippen LogP contribution in [-0.4, -0.2) is 31.0 Å². The number of rotatable bonds is 9. The van der Waals surface area contributed by atoms with Crippen LogP contribution in [0.4, 0.5) is 0 Å². The SMILES string of the molecule is COCCCSCCCC(=O)c1ccc(Br)cc1. The fourth-order valence-electron chi connectivity index (χ4n) is 1.52. The second-order valence-electron chi connectivity index (χ2n) is 3.99. The number of ether oxygens (including phenoxy) is 1. The maximum absolute atomic E-state index is 11.8. The third-order valence-corrected chi connectivity index (χ3v) is 4.18. The van der Waals surface area contributed by atoms with Gasteiger partial charge in [0.05, 0.1) is 0 Å². The highest BCUT2D eigenvalue weighted by atomic mass is 79.9. The van der Waals surface area contributed by atoms with Gasteiger partial charge >= 0.3 is 0 Å². The van der Waals surface area contributed by atoms with E-state index in [1.807, 2.05) is 36.0 Å². The van der Waals surface area contributed by atoms with Gasteiger partial charge in [-0.2, -0.15) is 11.8 Å². The highest BCUT2D eigenvalue weighted by Crippen LogP contribution is 2.14. The van der Waals surface area contributed by atoms with Crippen molar-refractivity contribution in [2.24, 2.45) is 0 Å². The van der Waals surface area contributed by atoms with Crippen LogP contribution in [0.1, 0.15) is 29.6 Å². The molecular formula is C14H19BrO2S. The first-order chi connectivity index (χ1) is 8.74. The summed E-state index contributed by atoms with van der Waals surface area (Å²) in [5.41, 5.74) is 0.808. The molecule has 1 aromatic carbocycles. The van der Waals surface area contributed by atoms with Crippen molar-refractivity contribution in [2.45, 2.75) is 19.3 Å². The summed E-state index contributed by atoms with van der Waals surface area (Å²) in [6.07, 6.45) is 2.67. The quantitative estimate of drug-likeness (QED) is 0.501. The Kier molecular flexibility index (Phi) is 8.38. The van der Waals surface area contributed by atoms with Gasteiger partial charge in [-0.15, -0.1) is 0 Å². The van der Waals surface area contributed by atoms with Gasteiger partial charge in [0.15, 0.2) is 5.78 Å². The molecule has 0 radical (unpaired) electrons. The van der Waals surface area contributed by atoms with Crippen LogP contribution in [0.25, 0.3) is 0 Å². The molecular weight excluding hydrogens is 312 g/mol. The standard InChI is InChI=1S/C14H19BrO2S/c1-17-9-3-11-18-10-2-4-14(16)12-5-7-13(15)8-6-12/h5-8H,2-4,9-11H2,1H3. The predicted molar refractivity (Wildman–Crippen MR) is 81.5 cm³/mol. The molecule has 0 saturated carbocycles. The van der Waals surface area contributed by atoms with Gasteiger partial charge in [0.25, 0.3) is 0 Å². The summed E-state index contributed by atoms with van der Waals surface area (Å²) in [5.74, 6) is 2.40. The summed E-state index contributed by atoms with van der Waals surface area (Å²) in [4.78, 5) is 11.8. The molecule has 0 aliphatic heterocycles. The molecule has 0 atom stereocenters. The maximum Gasteiger partial charge on any atom is 0.162 e. The second-order valence-corrected chi connectivity index (χ2v) is 6.13. The topological polar surface area (TPSA) is 26.3 Å². The zero-order chi connectivity index (χ0) is 13.2. The monoisotopic (exact) mass is 330 g/mol. The number of benzene rings is 1. The number of hydrogen-bond acceptors (Lipinski definition) is 3. The average molecular weight is 331 g/mol. The molecule has 0 amide bonds. The Morgan fingerprint density at radius 1 is 1.22 bits per heavy atom. The summed E-state index contributed by atoms with van der Waals surface area (Å²) >= 11 is 5.26. The van der Waals surface area contributed by atoms with Crippen molar-refractivity contribution >= 4 is 33.5 Å². The summed E-state index contributed by atoms with van der Waals surface area (Å²) in [7, 11) is 1.72. The number of carbonyl (C=O) groups is 1. The lowest BCUT2D eigenvalue weighted by Crippen LogP contribution is -1.99. The van der Waals surface area contributed by atoms with Crippen molar-refractivity contribution in [1.29, 1.82) is 0 Å². The first-order valence-corrected chi connectivity index (χ1v) is 8.04. The summed E-state index contributed by atoms with van der Waals surface area (Å²) < 4.78 is 5.99. The molecule has 0 aliphatic rings. The lowest BCUT2D eigenvalue weighted by molar-refractivity contribution is 0.0982. The smallest absolute Gasteiger partial charge is 0.162 e. The molecule has 0 heterocycles. The number of methoxy groups -OCH3 is 1. The highest BCUT2D eigenvalue weighted by molar-refractivity contribution is 9.10. The number of ketones is 1. The minimum absolute atomic E-state index is 0.236. The van der Waals surface area contributed by atoms with E-state index in [0.717, 1.165) is 41.0 Å². The summed E-state index contributed by atoms with van der Waals surface area (Å²) in [6.45, 7) is 0.824. The molecule has 1 rings (SSSR count). The van der Waals surface area contributed by atoms with Crippen LogP contribution in [0.15, 0.2) is 28.7 Å². The molecule has 0 fully saturated rings. The molecule has 2 nitrogen and oxygen atoms in total. The minimum Gasteiger partial charge on any atom is -0.385 e. The molecule has 0 spiro atoms. The van der Waals surface area contributed by atoms with Crippen molar-refractivity contribution in [3.63, 3.8) is 0 Å². The summed E-state index contributed by atoms with van der Waals surface area (Å²) in [6, 6.07) is 7.57. The van der Waals surface area contributed by atoms with Gasteiger partial charge in [-0.05, 0) is 36.5 Å². The van der Waals surface area contributed by atoms with E-state index in [-0.39, 0.29) is 5.78 Å². The molecule has 18 heavy (non-hydrogen) atoms. The molecule has 0 aromatic heterocycles. The summed E-state index contributed by atoms with van der Waals surface area (Å²) in [5, 5.41) is 0. The molecule has 100 valence electrons. The van der Waals surface area contributed by atoms with Gasteiger partial charge in [-0.1, -0.05) is 28.1 Å². The van der Waals surface area contributed by atoms with Crippen molar-refractivity contribution in [2.75, 3.05) is 25.2 Å². The number of thioether (sulfide) groups is 1. The van der Waals surface area contributed by atoms with Crippen LogP contribution in [0.5, 0.6) is 0 Å². The van der Waals surface area contributed by atoms with Crippen LogP contribution in [0.3, 0.4) is 0 Å². The van der Waals surface area contributed by atoms with Crippen LogP contribution in [-0.2, 0) is 4.74 Å². The highest BCUT2D eigenvalue weighted by Gasteiger charge is 2.04. The van der Waals surface area contributed by atoms with E-state index in [0.29, 0.717) is 6.42 Å². The Morgan fingerprint density at radius 3 is 2.56 bits per heavy atom. The van der Waals surface area contributed by atoms with Crippen molar-refractivity contribution < 1.29 is 9.53 Å². The number of halogens is 1. The molecule has 1 aromatic rings. The minimum atomic E-state index is 0.236. The van der Waals surface area contributed by atoms with E-state index >= 15 is 0 Å². The fraction of sp³-hybridized carbons (Fsp3) is 0.500. The third kappa shape index (κ3) is 6.57. The average Bonchev–Trinajstić information content (AvgIpc) is 2.38. The zero-order valence-electron chi connectivity index (χ0n) is 10.7. The van der Waals surface area contributed by atoms with E-state index in [4.69, 9.17) is 4.74 Å². The molecule has 0 saturated heterocycles. The van der Waals surface area contributed by atoms with Gasteiger partial charge in [0, 0.05) is 30.2 Å². The first kappa shape index (κ1) is 15.7. The third-order valence-electron chi connectivity index (χ3n) is 2.50. The largest absolute Gasteiger partial charge is 0.385 e. The Hall–Kier alpha value is -0.320. The molecule has 0 aliphatic carbocycles. The number of Topliss-reactive ketones (excluding diaryl/α,β-unsaturated/α-hetero) is 1. The van der Waals surface area contributed by atoms with Crippen molar-refractivity contribution in [1.82, 2.24) is 0 Å². The number of hydrogen-bond donors (Lipinski definition) is 0. The Morgan fingerprint density at radius 2 is 1.89 bits per heavy atom. The second kappa shape index (κ2) is 9.59. The normalized spacial score (nSPS) is 10.6. The lowest BCUT2D eigenvalue weighted by atomic mass is 10.1. The predicted octanol–water partition coefficient (Wildman–Crippen LogP) is 4.18. The maximum atomic E-state index is 11.8. The van der Waals surface area contributed by atoms with E-state index in [2.05, 4.69) is 15.9 Å². The van der Waals surface area contributed by atoms with Gasteiger partial charge in [0.1, 0.15) is 0 Å². The van der Waals surface area contributed by atoms with Gasteiger partial charge in [-0.25, -0.2) is 0 Å². The molecule has 4 heteroatoms. The zero-order valence-corrected chi connectivity index (χ0v) is 13.1. The van der Waals surface area contributed by atoms with Crippen LogP contribution in [0, 0.1) is 0 Å². The van der Waals surface area contributed by atoms with Gasteiger partial charge in [0.2, 0.25) is 0 Å². The first-order valence-electron chi connectivity index (χ1n) is 6.09. The van der Waals surface area contributed by atoms with Crippen LogP contribution < -0.4 is 0 Å². The Balaban J connectivity index is 2.12. The molecule has 0 N–H and O–H groups in total. The van der Waals surface area contributed by atoms with E-state index in [1.165, 1.54) is 0 Å². The van der Waals surface area contributed by atoms with E-state index in [1.54, 1.807) is 7.11 Å². The lowest BCUT2D eigenvalue weighted by Gasteiger charge is -2.02. The number of carbonyl (C=O) groups excluding carboxylic acids is 1. The van der Waals surface area contributed by atoms with Gasteiger partial charge < -0.3 is 4.74 Å². The van der Waals surface area contributed by atoms with E-state index in [9.17, 15) is 4.79 Å². The van der Waals surface area contributed by atoms with Crippen LogP contribution >= 0.6 is 27.7 Å².